The predicted molar refractivity (Wildman–Crippen MR) is 62.4 cm³/mol. The summed E-state index contributed by atoms with van der Waals surface area (Å²) in [5.41, 5.74) is 2.97. The second-order valence-corrected chi connectivity index (χ2v) is 5.13. The van der Waals surface area contributed by atoms with Crippen LogP contribution in [-0.2, 0) is 6.42 Å². The van der Waals surface area contributed by atoms with E-state index in [1.807, 2.05) is 32.9 Å². The van der Waals surface area contributed by atoms with E-state index in [9.17, 15) is 4.79 Å². The third kappa shape index (κ3) is 1.89. The van der Waals surface area contributed by atoms with Crippen molar-refractivity contribution in [1.29, 1.82) is 0 Å². The zero-order chi connectivity index (χ0) is 11.1. The maximum Gasteiger partial charge on any atom is 0.168 e. The molecule has 0 unspecified atom stereocenters. The molecule has 0 spiro atoms. The second kappa shape index (κ2) is 3.37. The highest BCUT2D eigenvalue weighted by Crippen LogP contribution is 2.27. The largest absolute Gasteiger partial charge is 0.384 e. The van der Waals surface area contributed by atoms with E-state index >= 15 is 0 Å². The van der Waals surface area contributed by atoms with Gasteiger partial charge in [0.1, 0.15) is 0 Å². The molecule has 2 nitrogen and oxygen atoms in total. The average molecular weight is 203 g/mol. The number of carbonyl (C=O) groups excluding carboxylic acids is 1. The summed E-state index contributed by atoms with van der Waals surface area (Å²) >= 11 is 0. The monoisotopic (exact) mass is 203 g/mol. The number of fused-ring (bicyclic) bond motifs is 1. The summed E-state index contributed by atoms with van der Waals surface area (Å²) in [5.74, 6) is 0.207. The van der Waals surface area contributed by atoms with Crippen molar-refractivity contribution in [1.82, 2.24) is 0 Å². The molecule has 1 N–H and O–H groups in total. The highest BCUT2D eigenvalue weighted by molar-refractivity contribution is 6.00. The summed E-state index contributed by atoms with van der Waals surface area (Å²) < 4.78 is 0. The lowest BCUT2D eigenvalue weighted by Gasteiger charge is -2.17. The predicted octanol–water partition coefficient (Wildman–Crippen LogP) is 2.88. The minimum atomic E-state index is -0.299. The molecular weight excluding hydrogens is 186 g/mol. The zero-order valence-corrected chi connectivity index (χ0v) is 9.55. The Morgan fingerprint density at radius 3 is 2.73 bits per heavy atom. The molecule has 1 aromatic carbocycles. The maximum atomic E-state index is 12.0. The molecule has 0 aromatic heterocycles. The fourth-order valence-electron chi connectivity index (χ4n) is 1.87. The highest BCUT2D eigenvalue weighted by Gasteiger charge is 2.23. The Kier molecular flexibility index (Phi) is 2.29. The molecular formula is C13H17NO. The number of benzene rings is 1. The van der Waals surface area contributed by atoms with Crippen LogP contribution >= 0.6 is 0 Å². The number of carbonyl (C=O) groups is 1. The number of ketones is 1. The van der Waals surface area contributed by atoms with Gasteiger partial charge in [-0.3, -0.25) is 4.79 Å². The molecule has 2 heteroatoms. The van der Waals surface area contributed by atoms with Gasteiger partial charge in [0, 0.05) is 23.2 Å². The van der Waals surface area contributed by atoms with Crippen molar-refractivity contribution in [3.63, 3.8) is 0 Å². The molecule has 1 aliphatic heterocycles. The third-order valence-electron chi connectivity index (χ3n) is 2.76. The third-order valence-corrected chi connectivity index (χ3v) is 2.76. The summed E-state index contributed by atoms with van der Waals surface area (Å²) in [5, 5.41) is 3.29. The fourth-order valence-corrected chi connectivity index (χ4v) is 1.87. The molecule has 2 rings (SSSR count). The molecule has 15 heavy (non-hydrogen) atoms. The van der Waals surface area contributed by atoms with E-state index in [4.69, 9.17) is 0 Å². The van der Waals surface area contributed by atoms with Gasteiger partial charge in [-0.1, -0.05) is 32.9 Å². The van der Waals surface area contributed by atoms with Gasteiger partial charge in [-0.25, -0.2) is 0 Å². The van der Waals surface area contributed by atoms with Crippen molar-refractivity contribution in [2.45, 2.75) is 27.2 Å². The minimum absolute atomic E-state index is 0.207. The Morgan fingerprint density at radius 1 is 1.33 bits per heavy atom. The molecule has 0 bridgehead atoms. The first-order chi connectivity index (χ1) is 6.98. The van der Waals surface area contributed by atoms with Crippen LogP contribution in [0.2, 0.25) is 0 Å². The molecule has 0 aliphatic carbocycles. The molecule has 80 valence electrons. The molecule has 0 amide bonds. The van der Waals surface area contributed by atoms with Crippen LogP contribution in [0.1, 0.15) is 36.7 Å². The average Bonchev–Trinajstić information content (AvgIpc) is 2.61. The van der Waals surface area contributed by atoms with E-state index in [0.717, 1.165) is 24.2 Å². The summed E-state index contributed by atoms with van der Waals surface area (Å²) in [7, 11) is 0. The van der Waals surface area contributed by atoms with E-state index in [1.54, 1.807) is 0 Å². The van der Waals surface area contributed by atoms with Gasteiger partial charge in [-0.05, 0) is 18.1 Å². The SMILES string of the molecule is CC(C)(C)C(=O)c1ccc2c(c1)NCC2. The molecule has 1 aromatic rings. The second-order valence-electron chi connectivity index (χ2n) is 5.13. The van der Waals surface area contributed by atoms with E-state index in [2.05, 4.69) is 11.4 Å². The van der Waals surface area contributed by atoms with Gasteiger partial charge in [0.25, 0.3) is 0 Å². The number of hydrogen-bond acceptors (Lipinski definition) is 2. The fraction of sp³-hybridized carbons (Fsp3) is 0.462. The Labute approximate surface area is 90.7 Å². The first kappa shape index (κ1) is 10.2. The molecule has 1 aliphatic rings. The van der Waals surface area contributed by atoms with Crippen molar-refractivity contribution < 1.29 is 4.79 Å². The van der Waals surface area contributed by atoms with Crippen LogP contribution in [0.15, 0.2) is 18.2 Å². The van der Waals surface area contributed by atoms with Gasteiger partial charge in [0.05, 0.1) is 0 Å². The number of Topliss-reactive ketones (excluding diaryl/α,β-unsaturated/α-hetero) is 1. The van der Waals surface area contributed by atoms with Gasteiger partial charge >= 0.3 is 0 Å². The standard InChI is InChI=1S/C13H17NO/c1-13(2,3)12(15)10-5-4-9-6-7-14-11(9)8-10/h4-5,8,14H,6-7H2,1-3H3. The van der Waals surface area contributed by atoms with Crippen LogP contribution in [0.25, 0.3) is 0 Å². The minimum Gasteiger partial charge on any atom is -0.384 e. The molecule has 1 heterocycles. The number of anilines is 1. The van der Waals surface area contributed by atoms with E-state index in [1.165, 1.54) is 5.56 Å². The zero-order valence-electron chi connectivity index (χ0n) is 9.55. The van der Waals surface area contributed by atoms with Crippen LogP contribution < -0.4 is 5.32 Å². The van der Waals surface area contributed by atoms with Crippen molar-refractivity contribution in [2.75, 3.05) is 11.9 Å². The normalized spacial score (nSPS) is 14.6. The van der Waals surface area contributed by atoms with E-state index in [0.29, 0.717) is 0 Å². The number of hydrogen-bond donors (Lipinski definition) is 1. The lowest BCUT2D eigenvalue weighted by Crippen LogP contribution is -2.20. The van der Waals surface area contributed by atoms with Gasteiger partial charge in [0.2, 0.25) is 0 Å². The molecule has 0 radical (unpaired) electrons. The first-order valence-corrected chi connectivity index (χ1v) is 5.40. The smallest absolute Gasteiger partial charge is 0.168 e. The van der Waals surface area contributed by atoms with Crippen molar-refractivity contribution in [3.8, 4) is 0 Å². The summed E-state index contributed by atoms with van der Waals surface area (Å²) in [6.45, 7) is 6.85. The van der Waals surface area contributed by atoms with Crippen LogP contribution in [0.3, 0.4) is 0 Å². The Bertz CT molecular complexity index is 401. The Morgan fingerprint density at radius 2 is 2.07 bits per heavy atom. The Hall–Kier alpha value is -1.31. The van der Waals surface area contributed by atoms with Crippen LogP contribution in [0, 0.1) is 5.41 Å². The van der Waals surface area contributed by atoms with Crippen molar-refractivity contribution in [3.05, 3.63) is 29.3 Å². The summed E-state index contributed by atoms with van der Waals surface area (Å²) in [6, 6.07) is 5.99. The van der Waals surface area contributed by atoms with Gasteiger partial charge < -0.3 is 5.32 Å². The number of nitrogens with one attached hydrogen (secondary N) is 1. The number of rotatable bonds is 1. The summed E-state index contributed by atoms with van der Waals surface area (Å²) in [6.07, 6.45) is 1.07. The highest BCUT2D eigenvalue weighted by atomic mass is 16.1. The van der Waals surface area contributed by atoms with Crippen molar-refractivity contribution in [2.24, 2.45) is 5.41 Å². The van der Waals surface area contributed by atoms with Crippen molar-refractivity contribution >= 4 is 11.5 Å². The lowest BCUT2D eigenvalue weighted by molar-refractivity contribution is 0.0858. The summed E-state index contributed by atoms with van der Waals surface area (Å²) in [4.78, 5) is 12.0. The molecule has 0 saturated heterocycles. The quantitative estimate of drug-likeness (QED) is 0.711. The Balaban J connectivity index is 2.35. The van der Waals surface area contributed by atoms with Gasteiger partial charge in [0.15, 0.2) is 5.78 Å². The maximum absolute atomic E-state index is 12.0. The van der Waals surface area contributed by atoms with Gasteiger partial charge in [-0.2, -0.15) is 0 Å². The van der Waals surface area contributed by atoms with Crippen LogP contribution in [-0.4, -0.2) is 12.3 Å². The van der Waals surface area contributed by atoms with Crippen LogP contribution in [0.4, 0.5) is 5.69 Å². The lowest BCUT2D eigenvalue weighted by atomic mass is 9.86. The van der Waals surface area contributed by atoms with E-state index in [-0.39, 0.29) is 11.2 Å². The van der Waals surface area contributed by atoms with Crippen LogP contribution in [0.5, 0.6) is 0 Å². The van der Waals surface area contributed by atoms with Gasteiger partial charge in [-0.15, -0.1) is 0 Å². The molecule has 0 atom stereocenters. The first-order valence-electron chi connectivity index (χ1n) is 5.40. The molecule has 0 fully saturated rings. The molecule has 0 saturated carbocycles. The van der Waals surface area contributed by atoms with E-state index < -0.39 is 0 Å². The topological polar surface area (TPSA) is 29.1 Å².